The normalized spacial score (nSPS) is 19.0. The van der Waals surface area contributed by atoms with E-state index in [-0.39, 0.29) is 17.3 Å². The lowest BCUT2D eigenvalue weighted by Gasteiger charge is -2.21. The maximum Gasteiger partial charge on any atom is 0.322 e. The summed E-state index contributed by atoms with van der Waals surface area (Å²) in [5.74, 6) is -1.29. The Kier molecular flexibility index (Phi) is 4.82. The third-order valence-electron chi connectivity index (χ3n) is 3.56. The van der Waals surface area contributed by atoms with Gasteiger partial charge in [-0.2, -0.15) is 4.31 Å². The monoisotopic (exact) mass is 326 g/mol. The van der Waals surface area contributed by atoms with Crippen molar-refractivity contribution >= 4 is 21.9 Å². The highest BCUT2D eigenvalue weighted by Crippen LogP contribution is 2.26. The van der Waals surface area contributed by atoms with Crippen LogP contribution in [-0.2, 0) is 26.2 Å². The lowest BCUT2D eigenvalue weighted by molar-refractivity contribution is -0.140. The Bertz CT molecular complexity index is 669. The highest BCUT2D eigenvalue weighted by molar-refractivity contribution is 7.89. The number of rotatable bonds is 5. The molecule has 1 aromatic rings. The predicted octanol–water partition coefficient (Wildman–Crippen LogP) is 0.560. The first-order chi connectivity index (χ1) is 10.3. The number of amides is 1. The zero-order valence-electron chi connectivity index (χ0n) is 12.2. The summed E-state index contributed by atoms with van der Waals surface area (Å²) in [7, 11) is -3.82. The minimum absolute atomic E-state index is 0.0622. The first-order valence-electron chi connectivity index (χ1n) is 6.90. The van der Waals surface area contributed by atoms with Gasteiger partial charge in [-0.05, 0) is 30.5 Å². The van der Waals surface area contributed by atoms with Gasteiger partial charge >= 0.3 is 5.97 Å². The number of aliphatic carboxylic acids is 1. The van der Waals surface area contributed by atoms with Crippen LogP contribution in [-0.4, -0.2) is 42.3 Å². The van der Waals surface area contributed by atoms with Crippen molar-refractivity contribution in [2.45, 2.75) is 37.2 Å². The second-order valence-corrected chi connectivity index (χ2v) is 7.06. The van der Waals surface area contributed by atoms with Gasteiger partial charge in [-0.1, -0.05) is 12.1 Å². The predicted molar refractivity (Wildman–Crippen MR) is 78.5 cm³/mol. The number of carboxylic acids is 1. The fraction of sp³-hybridized carbons (Fsp3) is 0.429. The molecule has 22 heavy (non-hydrogen) atoms. The van der Waals surface area contributed by atoms with E-state index >= 15 is 0 Å². The summed E-state index contributed by atoms with van der Waals surface area (Å²) in [6.07, 6.45) is 0.867. The Hall–Kier alpha value is -1.93. The fourth-order valence-corrected chi connectivity index (χ4v) is 4.07. The smallest absolute Gasteiger partial charge is 0.322 e. The van der Waals surface area contributed by atoms with Gasteiger partial charge < -0.3 is 10.4 Å². The number of nitrogens with zero attached hydrogens (tertiary/aromatic N) is 1. The zero-order valence-corrected chi connectivity index (χ0v) is 13.0. The molecule has 1 saturated heterocycles. The number of carbonyl (C=O) groups excluding carboxylic acids is 1. The van der Waals surface area contributed by atoms with Crippen molar-refractivity contribution < 1.29 is 23.1 Å². The summed E-state index contributed by atoms with van der Waals surface area (Å²) in [4.78, 5) is 22.1. The molecule has 0 bridgehead atoms. The van der Waals surface area contributed by atoms with Crippen molar-refractivity contribution in [3.05, 3.63) is 29.8 Å². The highest BCUT2D eigenvalue weighted by Gasteiger charge is 2.39. The molecule has 2 rings (SSSR count). The maximum atomic E-state index is 12.5. The van der Waals surface area contributed by atoms with Gasteiger partial charge in [0.05, 0.1) is 4.90 Å². The molecule has 8 heteroatoms. The van der Waals surface area contributed by atoms with Gasteiger partial charge in [0, 0.05) is 20.0 Å². The van der Waals surface area contributed by atoms with Crippen LogP contribution in [0.2, 0.25) is 0 Å². The summed E-state index contributed by atoms with van der Waals surface area (Å²) >= 11 is 0. The zero-order chi connectivity index (χ0) is 16.3. The van der Waals surface area contributed by atoms with E-state index in [1.54, 1.807) is 12.1 Å². The Labute approximate surface area is 129 Å². The molecule has 1 aliphatic rings. The van der Waals surface area contributed by atoms with Crippen molar-refractivity contribution in [2.75, 3.05) is 6.54 Å². The number of hydrogen-bond donors (Lipinski definition) is 2. The molecule has 1 fully saturated rings. The Balaban J connectivity index is 2.19. The highest BCUT2D eigenvalue weighted by atomic mass is 32.2. The van der Waals surface area contributed by atoms with Crippen LogP contribution in [0.15, 0.2) is 29.2 Å². The molecule has 0 aliphatic carbocycles. The standard InChI is InChI=1S/C14H18N2O5S/c1-10(17)15-9-11-4-6-12(7-5-11)22(20,21)16-8-2-3-13(16)14(18)19/h4-7,13H,2-3,8-9H2,1H3,(H,15,17)(H,18,19)/t13-/m1/s1. The maximum absolute atomic E-state index is 12.5. The molecular formula is C14H18N2O5S. The summed E-state index contributed by atoms with van der Waals surface area (Å²) in [6.45, 7) is 1.93. The third kappa shape index (κ3) is 3.45. The molecule has 0 spiro atoms. The van der Waals surface area contributed by atoms with E-state index in [0.29, 0.717) is 19.4 Å². The number of nitrogens with one attached hydrogen (secondary N) is 1. The van der Waals surface area contributed by atoms with Gasteiger partial charge in [0.1, 0.15) is 6.04 Å². The van der Waals surface area contributed by atoms with Crippen molar-refractivity contribution in [3.63, 3.8) is 0 Å². The number of carbonyl (C=O) groups is 2. The first-order valence-corrected chi connectivity index (χ1v) is 8.34. The van der Waals surface area contributed by atoms with Crippen molar-refractivity contribution in [2.24, 2.45) is 0 Å². The molecule has 2 N–H and O–H groups in total. The molecule has 0 unspecified atom stereocenters. The topological polar surface area (TPSA) is 104 Å². The van der Waals surface area contributed by atoms with E-state index in [9.17, 15) is 18.0 Å². The van der Waals surface area contributed by atoms with Crippen LogP contribution in [0.5, 0.6) is 0 Å². The minimum Gasteiger partial charge on any atom is -0.480 e. The quantitative estimate of drug-likeness (QED) is 0.823. The molecule has 1 amide bonds. The number of sulfonamides is 1. The van der Waals surface area contributed by atoms with E-state index in [4.69, 9.17) is 5.11 Å². The van der Waals surface area contributed by atoms with Gasteiger partial charge in [0.25, 0.3) is 0 Å². The molecular weight excluding hydrogens is 308 g/mol. The summed E-state index contributed by atoms with van der Waals surface area (Å²) in [5.41, 5.74) is 0.769. The Morgan fingerprint density at radius 1 is 1.32 bits per heavy atom. The molecule has 0 radical (unpaired) electrons. The second-order valence-electron chi connectivity index (χ2n) is 5.17. The van der Waals surface area contributed by atoms with E-state index in [1.807, 2.05) is 0 Å². The SMILES string of the molecule is CC(=O)NCc1ccc(S(=O)(=O)N2CCC[C@@H]2C(=O)O)cc1. The number of benzene rings is 1. The lowest BCUT2D eigenvalue weighted by atomic mass is 10.2. The first kappa shape index (κ1) is 16.4. The summed E-state index contributed by atoms with van der Waals surface area (Å²) in [6, 6.07) is 5.08. The van der Waals surface area contributed by atoms with Crippen LogP contribution in [0.25, 0.3) is 0 Å². The van der Waals surface area contributed by atoms with Crippen molar-refractivity contribution in [1.82, 2.24) is 9.62 Å². The largest absolute Gasteiger partial charge is 0.480 e. The van der Waals surface area contributed by atoms with Crippen LogP contribution in [0.1, 0.15) is 25.3 Å². The van der Waals surface area contributed by atoms with Gasteiger partial charge in [0.15, 0.2) is 0 Å². The lowest BCUT2D eigenvalue weighted by Crippen LogP contribution is -2.40. The molecule has 1 heterocycles. The van der Waals surface area contributed by atoms with Gasteiger partial charge in [-0.25, -0.2) is 8.42 Å². The van der Waals surface area contributed by atoms with Crippen LogP contribution in [0.4, 0.5) is 0 Å². The molecule has 1 aromatic carbocycles. The molecule has 1 aliphatic heterocycles. The Morgan fingerprint density at radius 2 is 1.95 bits per heavy atom. The average Bonchev–Trinajstić information content (AvgIpc) is 2.96. The van der Waals surface area contributed by atoms with Crippen LogP contribution in [0, 0.1) is 0 Å². The molecule has 120 valence electrons. The fourth-order valence-electron chi connectivity index (χ4n) is 2.42. The average molecular weight is 326 g/mol. The molecule has 0 saturated carbocycles. The van der Waals surface area contributed by atoms with E-state index in [0.717, 1.165) is 9.87 Å². The number of hydrogen-bond acceptors (Lipinski definition) is 4. The molecule has 7 nitrogen and oxygen atoms in total. The van der Waals surface area contributed by atoms with Crippen LogP contribution in [0.3, 0.4) is 0 Å². The molecule has 0 aromatic heterocycles. The third-order valence-corrected chi connectivity index (χ3v) is 5.48. The second kappa shape index (κ2) is 6.45. The van der Waals surface area contributed by atoms with Crippen molar-refractivity contribution in [3.8, 4) is 0 Å². The minimum atomic E-state index is -3.82. The summed E-state index contributed by atoms with van der Waals surface area (Å²) in [5, 5.41) is 11.7. The van der Waals surface area contributed by atoms with Crippen LogP contribution >= 0.6 is 0 Å². The van der Waals surface area contributed by atoms with Crippen molar-refractivity contribution in [1.29, 1.82) is 0 Å². The van der Waals surface area contributed by atoms with Gasteiger partial charge in [-0.15, -0.1) is 0 Å². The van der Waals surface area contributed by atoms with E-state index < -0.39 is 22.0 Å². The Morgan fingerprint density at radius 3 is 2.50 bits per heavy atom. The van der Waals surface area contributed by atoms with Crippen LogP contribution < -0.4 is 5.32 Å². The van der Waals surface area contributed by atoms with Gasteiger partial charge in [-0.3, -0.25) is 9.59 Å². The van der Waals surface area contributed by atoms with E-state index in [1.165, 1.54) is 19.1 Å². The number of carboxylic acid groups (broad SMARTS) is 1. The summed E-state index contributed by atoms with van der Waals surface area (Å²) < 4.78 is 26.1. The molecule has 1 atom stereocenters. The van der Waals surface area contributed by atoms with Gasteiger partial charge in [0.2, 0.25) is 15.9 Å². The van der Waals surface area contributed by atoms with E-state index in [2.05, 4.69) is 5.32 Å².